The summed E-state index contributed by atoms with van der Waals surface area (Å²) < 4.78 is 7.66. The first-order chi connectivity index (χ1) is 9.67. The normalized spacial score (nSPS) is 10.6. The van der Waals surface area contributed by atoms with E-state index >= 15 is 0 Å². The largest absolute Gasteiger partial charge is 0.492 e. The van der Waals surface area contributed by atoms with E-state index in [0.717, 1.165) is 22.7 Å². The topological polar surface area (TPSA) is 43.3 Å². The molecule has 2 rings (SSSR count). The van der Waals surface area contributed by atoms with Gasteiger partial charge in [0.2, 0.25) is 0 Å². The maximum Gasteiger partial charge on any atom is 0.186 e. The first-order valence-electron chi connectivity index (χ1n) is 6.76. The average Bonchev–Trinajstić information content (AvgIpc) is 2.43. The van der Waals surface area contributed by atoms with Crippen LogP contribution in [-0.2, 0) is 6.54 Å². The Morgan fingerprint density at radius 3 is 2.75 bits per heavy atom. The van der Waals surface area contributed by atoms with E-state index in [0.29, 0.717) is 13.2 Å². The van der Waals surface area contributed by atoms with Crippen molar-refractivity contribution in [3.05, 3.63) is 58.0 Å². The molecule has 4 nitrogen and oxygen atoms in total. The fourth-order valence-corrected chi connectivity index (χ4v) is 2.19. The van der Waals surface area contributed by atoms with Crippen molar-refractivity contribution >= 4 is 0 Å². The van der Waals surface area contributed by atoms with Crippen molar-refractivity contribution in [2.75, 3.05) is 13.7 Å². The molecule has 4 heteroatoms. The molecule has 0 saturated heterocycles. The van der Waals surface area contributed by atoms with Crippen LogP contribution < -0.4 is 15.5 Å². The smallest absolute Gasteiger partial charge is 0.186 e. The number of nitrogens with zero attached hydrogens (tertiary/aromatic N) is 1. The number of ether oxygens (including phenoxy) is 1. The number of aromatic nitrogens is 1. The van der Waals surface area contributed by atoms with Crippen molar-refractivity contribution in [2.24, 2.45) is 0 Å². The highest BCUT2D eigenvalue weighted by molar-refractivity contribution is 5.48. The minimum absolute atomic E-state index is 0.0574. The van der Waals surface area contributed by atoms with Crippen molar-refractivity contribution in [1.29, 1.82) is 0 Å². The second kappa shape index (κ2) is 6.39. The van der Waals surface area contributed by atoms with E-state index in [2.05, 4.69) is 5.32 Å². The summed E-state index contributed by atoms with van der Waals surface area (Å²) in [6.45, 7) is 5.05. The Morgan fingerprint density at radius 1 is 1.30 bits per heavy atom. The van der Waals surface area contributed by atoms with Gasteiger partial charge in [0.1, 0.15) is 5.75 Å². The highest BCUT2D eigenvalue weighted by atomic mass is 16.5. The quantitative estimate of drug-likeness (QED) is 0.908. The molecule has 20 heavy (non-hydrogen) atoms. The Morgan fingerprint density at radius 2 is 2.05 bits per heavy atom. The number of pyridine rings is 1. The van der Waals surface area contributed by atoms with E-state index in [1.807, 2.05) is 55.9 Å². The minimum atomic E-state index is 0.0574. The van der Waals surface area contributed by atoms with E-state index in [1.54, 1.807) is 6.07 Å². The Hall–Kier alpha value is -2.07. The van der Waals surface area contributed by atoms with E-state index in [9.17, 15) is 4.79 Å². The standard InChI is InChI=1S/C16H20N2O2/c1-4-20-16-8-6-5-7-14(16)18-11-13(10-17-3)15(19)9-12(18)2/h5-9,11,17H,4,10H2,1-3H3. The van der Waals surface area contributed by atoms with Crippen LogP contribution >= 0.6 is 0 Å². The van der Waals surface area contributed by atoms with Gasteiger partial charge in [0, 0.05) is 30.1 Å². The molecule has 0 aliphatic heterocycles. The lowest BCUT2D eigenvalue weighted by atomic mass is 10.2. The van der Waals surface area contributed by atoms with Gasteiger partial charge in [-0.15, -0.1) is 0 Å². The summed E-state index contributed by atoms with van der Waals surface area (Å²) in [5.41, 5.74) is 2.64. The third kappa shape index (κ3) is 2.91. The van der Waals surface area contributed by atoms with Crippen molar-refractivity contribution in [3.63, 3.8) is 0 Å². The van der Waals surface area contributed by atoms with Gasteiger partial charge in [-0.1, -0.05) is 12.1 Å². The summed E-state index contributed by atoms with van der Waals surface area (Å²) in [6.07, 6.45) is 1.88. The first kappa shape index (κ1) is 14.3. The third-order valence-electron chi connectivity index (χ3n) is 3.11. The van der Waals surface area contributed by atoms with Gasteiger partial charge in [-0.2, -0.15) is 0 Å². The molecule has 0 amide bonds. The van der Waals surface area contributed by atoms with Crippen LogP contribution in [0.1, 0.15) is 18.2 Å². The van der Waals surface area contributed by atoms with Crippen molar-refractivity contribution in [3.8, 4) is 11.4 Å². The van der Waals surface area contributed by atoms with Crippen molar-refractivity contribution in [1.82, 2.24) is 9.88 Å². The van der Waals surface area contributed by atoms with E-state index in [1.165, 1.54) is 0 Å². The minimum Gasteiger partial charge on any atom is -0.492 e. The van der Waals surface area contributed by atoms with Gasteiger partial charge >= 0.3 is 0 Å². The van der Waals surface area contributed by atoms with Crippen LogP contribution in [0, 0.1) is 6.92 Å². The maximum atomic E-state index is 11.9. The Labute approximate surface area is 119 Å². The lowest BCUT2D eigenvalue weighted by Gasteiger charge is -2.16. The molecule has 0 unspecified atom stereocenters. The van der Waals surface area contributed by atoms with E-state index < -0.39 is 0 Å². The summed E-state index contributed by atoms with van der Waals surface area (Å²) in [4.78, 5) is 11.9. The molecule has 1 N–H and O–H groups in total. The monoisotopic (exact) mass is 272 g/mol. The van der Waals surface area contributed by atoms with Gasteiger partial charge < -0.3 is 14.6 Å². The average molecular weight is 272 g/mol. The van der Waals surface area contributed by atoms with Crippen LogP contribution in [0.25, 0.3) is 5.69 Å². The predicted octanol–water partition coefficient (Wildman–Crippen LogP) is 2.26. The van der Waals surface area contributed by atoms with Gasteiger partial charge in [0.05, 0.1) is 12.3 Å². The molecule has 0 saturated carbocycles. The zero-order valence-electron chi connectivity index (χ0n) is 12.1. The molecule has 0 bridgehead atoms. The zero-order chi connectivity index (χ0) is 14.5. The third-order valence-corrected chi connectivity index (χ3v) is 3.11. The Bertz CT molecular complexity index is 647. The number of benzene rings is 1. The summed E-state index contributed by atoms with van der Waals surface area (Å²) in [7, 11) is 1.83. The molecular formula is C16H20N2O2. The number of hydrogen-bond acceptors (Lipinski definition) is 3. The van der Waals surface area contributed by atoms with Crippen LogP contribution in [0.2, 0.25) is 0 Å². The van der Waals surface area contributed by atoms with E-state index in [4.69, 9.17) is 4.74 Å². The number of aryl methyl sites for hydroxylation is 1. The molecule has 1 aromatic carbocycles. The lowest BCUT2D eigenvalue weighted by Crippen LogP contribution is -2.19. The fourth-order valence-electron chi connectivity index (χ4n) is 2.19. The Balaban J connectivity index is 2.57. The molecular weight excluding hydrogens is 252 g/mol. The summed E-state index contributed by atoms with van der Waals surface area (Å²) in [6, 6.07) is 9.50. The molecule has 0 aliphatic rings. The van der Waals surface area contributed by atoms with Gasteiger partial charge in [0.15, 0.2) is 5.43 Å². The number of nitrogens with one attached hydrogen (secondary N) is 1. The van der Waals surface area contributed by atoms with Crippen molar-refractivity contribution < 1.29 is 4.74 Å². The number of para-hydroxylation sites is 2. The summed E-state index contributed by atoms with van der Waals surface area (Å²) in [5, 5.41) is 3.02. The second-order valence-corrected chi connectivity index (χ2v) is 4.61. The molecule has 0 aliphatic carbocycles. The summed E-state index contributed by atoms with van der Waals surface area (Å²) in [5.74, 6) is 0.817. The molecule has 0 atom stereocenters. The van der Waals surface area contributed by atoms with Crippen LogP contribution in [0.3, 0.4) is 0 Å². The van der Waals surface area contributed by atoms with Crippen LogP contribution in [-0.4, -0.2) is 18.2 Å². The van der Waals surface area contributed by atoms with Crippen LogP contribution in [0.4, 0.5) is 0 Å². The van der Waals surface area contributed by atoms with Crippen LogP contribution in [0.5, 0.6) is 5.75 Å². The highest BCUT2D eigenvalue weighted by Crippen LogP contribution is 2.23. The van der Waals surface area contributed by atoms with Crippen molar-refractivity contribution in [2.45, 2.75) is 20.4 Å². The molecule has 106 valence electrons. The predicted molar refractivity (Wildman–Crippen MR) is 80.7 cm³/mol. The van der Waals surface area contributed by atoms with Gasteiger partial charge in [-0.25, -0.2) is 0 Å². The van der Waals surface area contributed by atoms with E-state index in [-0.39, 0.29) is 5.43 Å². The van der Waals surface area contributed by atoms with Gasteiger partial charge in [-0.3, -0.25) is 4.79 Å². The molecule has 0 fully saturated rings. The number of hydrogen-bond donors (Lipinski definition) is 1. The summed E-state index contributed by atoms with van der Waals surface area (Å²) >= 11 is 0. The Kier molecular flexibility index (Phi) is 4.58. The second-order valence-electron chi connectivity index (χ2n) is 4.61. The van der Waals surface area contributed by atoms with Gasteiger partial charge in [-0.05, 0) is 33.0 Å². The number of rotatable bonds is 5. The SMILES string of the molecule is CCOc1ccccc1-n1cc(CNC)c(=O)cc1C. The van der Waals surface area contributed by atoms with Crippen LogP contribution in [0.15, 0.2) is 41.3 Å². The maximum absolute atomic E-state index is 11.9. The highest BCUT2D eigenvalue weighted by Gasteiger charge is 2.09. The molecule has 2 aromatic rings. The molecule has 1 aromatic heterocycles. The molecule has 0 radical (unpaired) electrons. The zero-order valence-corrected chi connectivity index (χ0v) is 12.1. The van der Waals surface area contributed by atoms with Gasteiger partial charge in [0.25, 0.3) is 0 Å². The first-order valence-corrected chi connectivity index (χ1v) is 6.76. The molecule has 0 spiro atoms. The molecule has 1 heterocycles. The lowest BCUT2D eigenvalue weighted by molar-refractivity contribution is 0.339. The fraction of sp³-hybridized carbons (Fsp3) is 0.312.